The van der Waals surface area contributed by atoms with E-state index in [0.717, 1.165) is 5.56 Å². The van der Waals surface area contributed by atoms with Gasteiger partial charge in [0.15, 0.2) is 0 Å². The van der Waals surface area contributed by atoms with Crippen molar-refractivity contribution in [2.24, 2.45) is 5.92 Å². The number of non-ortho nitro benzene ring substituents is 1. The van der Waals surface area contributed by atoms with Crippen molar-refractivity contribution in [2.75, 3.05) is 13.2 Å². The summed E-state index contributed by atoms with van der Waals surface area (Å²) in [7, 11) is 0. The Labute approximate surface area is 136 Å². The molecule has 1 rings (SSSR count). The SMILES string of the molecule is CCOCCC(Cc1ccc([N+](=O)[O-])cc1)C(=O)OC(C)(C)C. The maximum atomic E-state index is 12.3. The lowest BCUT2D eigenvalue weighted by molar-refractivity contribution is -0.384. The summed E-state index contributed by atoms with van der Waals surface area (Å²) in [4.78, 5) is 22.6. The van der Waals surface area contributed by atoms with Gasteiger partial charge in [-0.3, -0.25) is 14.9 Å². The van der Waals surface area contributed by atoms with Crippen LogP contribution in [0.25, 0.3) is 0 Å². The van der Waals surface area contributed by atoms with Gasteiger partial charge in [-0.15, -0.1) is 0 Å². The van der Waals surface area contributed by atoms with Crippen LogP contribution < -0.4 is 0 Å². The van der Waals surface area contributed by atoms with Gasteiger partial charge in [0, 0.05) is 25.3 Å². The van der Waals surface area contributed by atoms with Crippen LogP contribution in [0.1, 0.15) is 39.7 Å². The highest BCUT2D eigenvalue weighted by molar-refractivity contribution is 5.73. The molecule has 128 valence electrons. The first kappa shape index (κ1) is 19.1. The van der Waals surface area contributed by atoms with Gasteiger partial charge in [-0.1, -0.05) is 12.1 Å². The molecule has 23 heavy (non-hydrogen) atoms. The molecule has 1 aromatic carbocycles. The molecule has 0 bridgehead atoms. The Morgan fingerprint density at radius 1 is 1.26 bits per heavy atom. The fraction of sp³-hybridized carbons (Fsp3) is 0.588. The van der Waals surface area contributed by atoms with Gasteiger partial charge < -0.3 is 9.47 Å². The Kier molecular flexibility index (Phi) is 7.16. The van der Waals surface area contributed by atoms with Gasteiger partial charge in [0.1, 0.15) is 5.60 Å². The lowest BCUT2D eigenvalue weighted by Crippen LogP contribution is -2.30. The minimum Gasteiger partial charge on any atom is -0.460 e. The summed E-state index contributed by atoms with van der Waals surface area (Å²) in [5.41, 5.74) is 0.357. The smallest absolute Gasteiger partial charge is 0.309 e. The molecule has 1 aromatic rings. The number of nitro benzene ring substituents is 1. The van der Waals surface area contributed by atoms with Crippen molar-refractivity contribution < 1.29 is 19.2 Å². The third-order valence-electron chi connectivity index (χ3n) is 3.18. The van der Waals surface area contributed by atoms with Crippen molar-refractivity contribution in [1.82, 2.24) is 0 Å². The van der Waals surface area contributed by atoms with Crippen molar-refractivity contribution >= 4 is 11.7 Å². The van der Waals surface area contributed by atoms with E-state index in [1.54, 1.807) is 12.1 Å². The summed E-state index contributed by atoms with van der Waals surface area (Å²) < 4.78 is 10.8. The highest BCUT2D eigenvalue weighted by Gasteiger charge is 2.25. The number of rotatable bonds is 8. The second-order valence-corrected chi connectivity index (χ2v) is 6.34. The first-order valence-electron chi connectivity index (χ1n) is 7.77. The third-order valence-corrected chi connectivity index (χ3v) is 3.18. The Morgan fingerprint density at radius 2 is 1.87 bits per heavy atom. The van der Waals surface area contributed by atoms with E-state index in [9.17, 15) is 14.9 Å². The summed E-state index contributed by atoms with van der Waals surface area (Å²) in [5.74, 6) is -0.599. The summed E-state index contributed by atoms with van der Waals surface area (Å²) in [6.45, 7) is 8.47. The van der Waals surface area contributed by atoms with Crippen LogP contribution in [0.5, 0.6) is 0 Å². The van der Waals surface area contributed by atoms with Crippen molar-refractivity contribution in [3.63, 3.8) is 0 Å². The lowest BCUT2D eigenvalue weighted by Gasteiger charge is -2.24. The minimum atomic E-state index is -0.545. The van der Waals surface area contributed by atoms with Gasteiger partial charge in [-0.05, 0) is 46.1 Å². The van der Waals surface area contributed by atoms with Crippen LogP contribution in [0.2, 0.25) is 0 Å². The van der Waals surface area contributed by atoms with Crippen LogP contribution in [0.15, 0.2) is 24.3 Å². The first-order valence-corrected chi connectivity index (χ1v) is 7.77. The average molecular weight is 323 g/mol. The molecule has 0 N–H and O–H groups in total. The molecule has 6 heteroatoms. The number of esters is 1. The minimum absolute atomic E-state index is 0.0388. The molecule has 0 heterocycles. The summed E-state index contributed by atoms with van der Waals surface area (Å²) in [6, 6.07) is 6.25. The van der Waals surface area contributed by atoms with Crippen molar-refractivity contribution in [3.05, 3.63) is 39.9 Å². The van der Waals surface area contributed by atoms with E-state index >= 15 is 0 Å². The van der Waals surface area contributed by atoms with E-state index in [1.165, 1.54) is 12.1 Å². The number of carbonyl (C=O) groups is 1. The second-order valence-electron chi connectivity index (χ2n) is 6.34. The second kappa shape index (κ2) is 8.62. The summed E-state index contributed by atoms with van der Waals surface area (Å²) in [6.07, 6.45) is 1.03. The molecule has 0 spiro atoms. The standard InChI is InChI=1S/C17H25NO5/c1-5-22-11-10-14(16(19)23-17(2,3)4)12-13-6-8-15(9-7-13)18(20)21/h6-9,14H,5,10-12H2,1-4H3. The number of benzene rings is 1. The molecule has 0 aliphatic carbocycles. The summed E-state index contributed by atoms with van der Waals surface area (Å²) >= 11 is 0. The maximum Gasteiger partial charge on any atom is 0.309 e. The Balaban J connectivity index is 2.78. The topological polar surface area (TPSA) is 78.7 Å². The largest absolute Gasteiger partial charge is 0.460 e. The number of hydrogen-bond donors (Lipinski definition) is 0. The molecule has 0 radical (unpaired) electrons. The molecular weight excluding hydrogens is 298 g/mol. The molecule has 1 atom stereocenters. The molecule has 0 saturated carbocycles. The number of ether oxygens (including phenoxy) is 2. The quantitative estimate of drug-likeness (QED) is 0.316. The zero-order valence-electron chi connectivity index (χ0n) is 14.2. The highest BCUT2D eigenvalue weighted by atomic mass is 16.6. The number of nitro groups is 1. The first-order chi connectivity index (χ1) is 10.7. The van der Waals surface area contributed by atoms with Gasteiger partial charge in [0.2, 0.25) is 0 Å². The van der Waals surface area contributed by atoms with E-state index in [4.69, 9.17) is 9.47 Å². The van der Waals surface area contributed by atoms with Crippen molar-refractivity contribution in [3.8, 4) is 0 Å². The Morgan fingerprint density at radius 3 is 2.35 bits per heavy atom. The fourth-order valence-corrected chi connectivity index (χ4v) is 2.10. The van der Waals surface area contributed by atoms with E-state index in [2.05, 4.69) is 0 Å². The molecular formula is C17H25NO5. The summed E-state index contributed by atoms with van der Waals surface area (Å²) in [5, 5.41) is 10.7. The molecule has 0 aromatic heterocycles. The van der Waals surface area contributed by atoms with Crippen molar-refractivity contribution in [2.45, 2.75) is 46.1 Å². The van der Waals surface area contributed by atoms with Crippen LogP contribution in [0.3, 0.4) is 0 Å². The highest BCUT2D eigenvalue weighted by Crippen LogP contribution is 2.20. The molecule has 0 saturated heterocycles. The van der Waals surface area contributed by atoms with Gasteiger partial charge in [-0.2, -0.15) is 0 Å². The molecule has 0 amide bonds. The average Bonchev–Trinajstić information content (AvgIpc) is 2.45. The van der Waals surface area contributed by atoms with Crippen LogP contribution in [-0.4, -0.2) is 29.7 Å². The molecule has 0 aliphatic rings. The predicted octanol–water partition coefficient (Wildman–Crippen LogP) is 3.52. The lowest BCUT2D eigenvalue weighted by atomic mass is 9.96. The van der Waals surface area contributed by atoms with E-state index in [0.29, 0.717) is 26.1 Å². The van der Waals surface area contributed by atoms with Gasteiger partial charge in [0.05, 0.1) is 10.8 Å². The van der Waals surface area contributed by atoms with Crippen LogP contribution in [0.4, 0.5) is 5.69 Å². The molecule has 0 fully saturated rings. The molecule has 6 nitrogen and oxygen atoms in total. The molecule has 0 aliphatic heterocycles. The monoisotopic (exact) mass is 323 g/mol. The number of nitrogens with zero attached hydrogens (tertiary/aromatic N) is 1. The van der Waals surface area contributed by atoms with E-state index in [-0.39, 0.29) is 17.6 Å². The van der Waals surface area contributed by atoms with Crippen molar-refractivity contribution in [1.29, 1.82) is 0 Å². The fourth-order valence-electron chi connectivity index (χ4n) is 2.10. The normalized spacial score (nSPS) is 12.7. The van der Waals surface area contributed by atoms with E-state index < -0.39 is 10.5 Å². The molecule has 1 unspecified atom stereocenters. The van der Waals surface area contributed by atoms with Gasteiger partial charge in [0.25, 0.3) is 5.69 Å². The zero-order valence-corrected chi connectivity index (χ0v) is 14.2. The Bertz CT molecular complexity index is 519. The predicted molar refractivity (Wildman–Crippen MR) is 87.2 cm³/mol. The zero-order chi connectivity index (χ0) is 17.5. The van der Waals surface area contributed by atoms with Gasteiger partial charge in [-0.25, -0.2) is 0 Å². The maximum absolute atomic E-state index is 12.3. The van der Waals surface area contributed by atoms with Crippen LogP contribution in [0, 0.1) is 16.0 Å². The van der Waals surface area contributed by atoms with Crippen LogP contribution >= 0.6 is 0 Å². The van der Waals surface area contributed by atoms with Crippen LogP contribution in [-0.2, 0) is 20.7 Å². The van der Waals surface area contributed by atoms with E-state index in [1.807, 2.05) is 27.7 Å². The number of hydrogen-bond acceptors (Lipinski definition) is 5. The van der Waals surface area contributed by atoms with Gasteiger partial charge >= 0.3 is 5.97 Å². The third kappa shape index (κ3) is 7.23. The Hall–Kier alpha value is -1.95. The number of carbonyl (C=O) groups excluding carboxylic acids is 1.